The molecule has 80 valence electrons. The lowest BCUT2D eigenvalue weighted by Gasteiger charge is -2.29. The molecule has 0 unspecified atom stereocenters. The van der Waals surface area contributed by atoms with Gasteiger partial charge in [0.05, 0.1) is 6.42 Å². The molecule has 1 aliphatic rings. The van der Waals surface area contributed by atoms with Crippen molar-refractivity contribution in [2.24, 2.45) is 5.92 Å². The molecular weight excluding hydrogens is 178 g/mol. The molecule has 0 aliphatic heterocycles. The van der Waals surface area contributed by atoms with Gasteiger partial charge in [0, 0.05) is 6.04 Å². The monoisotopic (exact) mass is 197 g/mol. The number of Topliss-reactive ketones (excluding diaryl/α,β-unsaturated/α-hetero) is 1. The number of rotatable bonds is 3. The summed E-state index contributed by atoms with van der Waals surface area (Å²) in [4.78, 5) is 22.1. The van der Waals surface area contributed by atoms with Crippen LogP contribution in [0.25, 0.3) is 0 Å². The number of carbonyl (C=O) groups excluding carboxylic acids is 2. The van der Waals surface area contributed by atoms with E-state index in [9.17, 15) is 9.59 Å². The minimum absolute atomic E-state index is 0.0310. The van der Waals surface area contributed by atoms with E-state index in [1.165, 1.54) is 26.2 Å². The molecule has 0 heterocycles. The quantitative estimate of drug-likeness (QED) is 0.699. The van der Waals surface area contributed by atoms with Gasteiger partial charge in [0.1, 0.15) is 5.78 Å². The van der Waals surface area contributed by atoms with Gasteiger partial charge in [-0.25, -0.2) is 0 Å². The van der Waals surface area contributed by atoms with E-state index in [0.717, 1.165) is 6.42 Å². The largest absolute Gasteiger partial charge is 0.353 e. The smallest absolute Gasteiger partial charge is 0.227 e. The Labute approximate surface area is 85.3 Å². The molecule has 1 amide bonds. The van der Waals surface area contributed by atoms with E-state index in [1.807, 2.05) is 0 Å². The van der Waals surface area contributed by atoms with Crippen molar-refractivity contribution in [1.29, 1.82) is 0 Å². The van der Waals surface area contributed by atoms with E-state index in [0.29, 0.717) is 5.92 Å². The van der Waals surface area contributed by atoms with Gasteiger partial charge in [-0.1, -0.05) is 19.8 Å². The van der Waals surface area contributed by atoms with Crippen molar-refractivity contribution in [3.05, 3.63) is 0 Å². The molecule has 14 heavy (non-hydrogen) atoms. The lowest BCUT2D eigenvalue weighted by molar-refractivity contribution is -0.128. The van der Waals surface area contributed by atoms with E-state index in [4.69, 9.17) is 0 Å². The SMILES string of the molecule is CC(=O)CC(=O)N[C@H]1CCCC[C@H]1C. The maximum Gasteiger partial charge on any atom is 0.227 e. The predicted octanol–water partition coefficient (Wildman–Crippen LogP) is 1.66. The molecule has 1 aliphatic carbocycles. The van der Waals surface area contributed by atoms with Gasteiger partial charge in [-0.15, -0.1) is 0 Å². The van der Waals surface area contributed by atoms with Gasteiger partial charge in [-0.05, 0) is 25.7 Å². The van der Waals surface area contributed by atoms with Crippen molar-refractivity contribution in [2.75, 3.05) is 0 Å². The summed E-state index contributed by atoms with van der Waals surface area (Å²) < 4.78 is 0. The average molecular weight is 197 g/mol. The van der Waals surface area contributed by atoms with Crippen molar-refractivity contribution in [3.8, 4) is 0 Å². The predicted molar refractivity (Wildman–Crippen MR) is 54.9 cm³/mol. The van der Waals surface area contributed by atoms with Crippen LogP contribution in [-0.2, 0) is 9.59 Å². The third kappa shape index (κ3) is 3.48. The van der Waals surface area contributed by atoms with E-state index in [-0.39, 0.29) is 24.2 Å². The summed E-state index contributed by atoms with van der Waals surface area (Å²) in [5.41, 5.74) is 0. The second kappa shape index (κ2) is 5.13. The second-order valence-electron chi connectivity index (χ2n) is 4.31. The van der Waals surface area contributed by atoms with Gasteiger partial charge in [-0.2, -0.15) is 0 Å². The van der Waals surface area contributed by atoms with Crippen LogP contribution in [0.2, 0.25) is 0 Å². The van der Waals surface area contributed by atoms with Crippen LogP contribution < -0.4 is 5.32 Å². The minimum atomic E-state index is -0.115. The highest BCUT2D eigenvalue weighted by Gasteiger charge is 2.22. The fraction of sp³-hybridized carbons (Fsp3) is 0.818. The van der Waals surface area contributed by atoms with Gasteiger partial charge < -0.3 is 5.32 Å². The van der Waals surface area contributed by atoms with Gasteiger partial charge in [0.2, 0.25) is 5.91 Å². The van der Waals surface area contributed by atoms with Crippen molar-refractivity contribution >= 4 is 11.7 Å². The molecule has 1 rings (SSSR count). The van der Waals surface area contributed by atoms with E-state index >= 15 is 0 Å². The van der Waals surface area contributed by atoms with Crippen molar-refractivity contribution < 1.29 is 9.59 Å². The number of nitrogens with one attached hydrogen (secondary N) is 1. The van der Waals surface area contributed by atoms with Crippen molar-refractivity contribution in [1.82, 2.24) is 5.32 Å². The molecule has 1 fully saturated rings. The molecule has 0 aromatic heterocycles. The normalized spacial score (nSPS) is 27.0. The zero-order valence-corrected chi connectivity index (χ0v) is 9.01. The van der Waals surface area contributed by atoms with Crippen LogP contribution in [0.1, 0.15) is 46.0 Å². The third-order valence-corrected chi connectivity index (χ3v) is 2.87. The molecule has 0 aromatic rings. The number of amides is 1. The van der Waals surface area contributed by atoms with E-state index in [1.54, 1.807) is 0 Å². The molecular formula is C11H19NO2. The Morgan fingerprint density at radius 1 is 1.29 bits per heavy atom. The zero-order valence-electron chi connectivity index (χ0n) is 9.01. The Morgan fingerprint density at radius 2 is 1.93 bits per heavy atom. The standard InChI is InChI=1S/C11H19NO2/c1-8-5-3-4-6-10(8)12-11(14)7-9(2)13/h8,10H,3-7H2,1-2H3,(H,12,14)/t8-,10+/m1/s1. The summed E-state index contributed by atoms with van der Waals surface area (Å²) in [6.07, 6.45) is 4.73. The number of carbonyl (C=O) groups is 2. The molecule has 0 saturated heterocycles. The Kier molecular flexibility index (Phi) is 4.11. The molecule has 0 bridgehead atoms. The van der Waals surface area contributed by atoms with Gasteiger partial charge in [-0.3, -0.25) is 9.59 Å². The third-order valence-electron chi connectivity index (χ3n) is 2.87. The molecule has 3 heteroatoms. The van der Waals surface area contributed by atoms with Crippen LogP contribution in [-0.4, -0.2) is 17.7 Å². The summed E-state index contributed by atoms with van der Waals surface area (Å²) in [6.45, 7) is 3.61. The van der Waals surface area contributed by atoms with Crippen molar-refractivity contribution in [2.45, 2.75) is 52.0 Å². The van der Waals surface area contributed by atoms with E-state index in [2.05, 4.69) is 12.2 Å². The maximum atomic E-state index is 11.3. The van der Waals surface area contributed by atoms with Crippen LogP contribution in [0.4, 0.5) is 0 Å². The highest BCUT2D eigenvalue weighted by molar-refractivity contribution is 5.96. The average Bonchev–Trinajstić information content (AvgIpc) is 2.07. The van der Waals surface area contributed by atoms with Gasteiger partial charge in [0.25, 0.3) is 0 Å². The minimum Gasteiger partial charge on any atom is -0.353 e. The lowest BCUT2D eigenvalue weighted by atomic mass is 9.86. The highest BCUT2D eigenvalue weighted by Crippen LogP contribution is 2.23. The van der Waals surface area contributed by atoms with Crippen LogP contribution in [0, 0.1) is 5.92 Å². The first-order chi connectivity index (χ1) is 6.59. The summed E-state index contributed by atoms with van der Waals surface area (Å²) in [5, 5.41) is 2.94. The van der Waals surface area contributed by atoms with Crippen LogP contribution >= 0.6 is 0 Å². The molecule has 3 nitrogen and oxygen atoms in total. The lowest BCUT2D eigenvalue weighted by Crippen LogP contribution is -2.41. The maximum absolute atomic E-state index is 11.3. The summed E-state index contributed by atoms with van der Waals surface area (Å²) in [5.74, 6) is 0.377. The first-order valence-corrected chi connectivity index (χ1v) is 5.38. The Bertz CT molecular complexity index is 225. The van der Waals surface area contributed by atoms with Crippen LogP contribution in [0.15, 0.2) is 0 Å². The van der Waals surface area contributed by atoms with Crippen LogP contribution in [0.5, 0.6) is 0 Å². The summed E-state index contributed by atoms with van der Waals surface area (Å²) in [7, 11) is 0. The molecule has 0 radical (unpaired) electrons. The molecule has 0 spiro atoms. The Morgan fingerprint density at radius 3 is 2.50 bits per heavy atom. The fourth-order valence-electron chi connectivity index (χ4n) is 2.01. The van der Waals surface area contributed by atoms with E-state index < -0.39 is 0 Å². The molecule has 1 N–H and O–H groups in total. The number of hydrogen-bond acceptors (Lipinski definition) is 2. The molecule has 1 saturated carbocycles. The first-order valence-electron chi connectivity index (χ1n) is 5.38. The van der Waals surface area contributed by atoms with Crippen LogP contribution in [0.3, 0.4) is 0 Å². The van der Waals surface area contributed by atoms with Gasteiger partial charge >= 0.3 is 0 Å². The molecule has 2 atom stereocenters. The summed E-state index contributed by atoms with van der Waals surface area (Å²) >= 11 is 0. The summed E-state index contributed by atoms with van der Waals surface area (Å²) in [6, 6.07) is 0.288. The number of ketones is 1. The zero-order chi connectivity index (χ0) is 10.6. The number of hydrogen-bond donors (Lipinski definition) is 1. The molecule has 0 aromatic carbocycles. The van der Waals surface area contributed by atoms with Crippen molar-refractivity contribution in [3.63, 3.8) is 0 Å². The van der Waals surface area contributed by atoms with Gasteiger partial charge in [0.15, 0.2) is 0 Å². The first kappa shape index (κ1) is 11.2. The topological polar surface area (TPSA) is 46.2 Å². The second-order valence-corrected chi connectivity index (χ2v) is 4.31. The Balaban J connectivity index is 2.34. The Hall–Kier alpha value is -0.860. The fourth-order valence-corrected chi connectivity index (χ4v) is 2.01. The highest BCUT2D eigenvalue weighted by atomic mass is 16.2.